The van der Waals surface area contributed by atoms with Gasteiger partial charge in [-0.2, -0.15) is 9.84 Å². The van der Waals surface area contributed by atoms with E-state index in [-0.39, 0.29) is 5.91 Å². The number of benzene rings is 3. The number of nitrogens with zero attached hydrogens (tertiary/aromatic N) is 2. The molecule has 0 atom stereocenters. The van der Waals surface area contributed by atoms with Crippen LogP contribution in [0.2, 0.25) is 0 Å². The Kier molecular flexibility index (Phi) is 6.92. The van der Waals surface area contributed by atoms with E-state index in [4.69, 9.17) is 4.74 Å². The summed E-state index contributed by atoms with van der Waals surface area (Å²) in [6, 6.07) is 22.8. The van der Waals surface area contributed by atoms with Gasteiger partial charge in [-0.15, -0.1) is 11.8 Å². The second-order valence-corrected chi connectivity index (χ2v) is 8.97. The molecule has 3 aromatic carbocycles. The molecule has 0 aromatic heterocycles. The number of nitriles is 1. The van der Waals surface area contributed by atoms with Gasteiger partial charge in [-0.05, 0) is 54.6 Å². The average molecular weight is 455 g/mol. The maximum Gasteiger partial charge on any atom is 0.253 e. The Morgan fingerprint density at radius 2 is 1.91 bits per heavy atom. The summed E-state index contributed by atoms with van der Waals surface area (Å²) in [6.45, 7) is 4.14. The van der Waals surface area contributed by atoms with E-state index >= 15 is 0 Å². The largest absolute Gasteiger partial charge is 0.450 e. The van der Waals surface area contributed by atoms with Gasteiger partial charge in [0.05, 0.1) is 23.6 Å². The van der Waals surface area contributed by atoms with Crippen LogP contribution in [0.3, 0.4) is 0 Å². The Hall–Kier alpha value is -3.82. The van der Waals surface area contributed by atoms with E-state index in [1.54, 1.807) is 36.0 Å². The third kappa shape index (κ3) is 5.71. The summed E-state index contributed by atoms with van der Waals surface area (Å²) in [5, 5.41) is 12.1. The van der Waals surface area contributed by atoms with Gasteiger partial charge < -0.3 is 10.1 Å². The maximum atomic E-state index is 12.7. The molecule has 0 unspecified atom stereocenters. The number of carbonyl (C=O) groups is 1. The summed E-state index contributed by atoms with van der Waals surface area (Å²) in [6.07, 6.45) is 4.31. The lowest BCUT2D eigenvalue weighted by molar-refractivity contribution is -0.368. The third-order valence-electron chi connectivity index (χ3n) is 5.00. The van der Waals surface area contributed by atoms with Gasteiger partial charge in [0, 0.05) is 22.7 Å². The van der Waals surface area contributed by atoms with Crippen LogP contribution >= 0.6 is 11.8 Å². The van der Waals surface area contributed by atoms with Crippen molar-refractivity contribution >= 4 is 35.3 Å². The molecular weight excluding hydrogens is 430 g/mol. The first-order chi connectivity index (χ1) is 16.0. The van der Waals surface area contributed by atoms with Crippen LogP contribution in [0.5, 0.6) is 11.5 Å². The second-order valence-electron chi connectivity index (χ2n) is 7.64. The van der Waals surface area contributed by atoms with E-state index in [1.807, 2.05) is 66.4 Å². The van der Waals surface area contributed by atoms with Crippen LogP contribution in [0.15, 0.2) is 83.4 Å². The van der Waals surface area contributed by atoms with Crippen LogP contribution in [0.4, 0.5) is 11.4 Å². The van der Waals surface area contributed by atoms with E-state index in [9.17, 15) is 10.1 Å². The number of ether oxygens (including phenoxy) is 1. The zero-order valence-corrected chi connectivity index (χ0v) is 19.4. The van der Waals surface area contributed by atoms with Crippen molar-refractivity contribution in [2.75, 3.05) is 11.1 Å². The lowest BCUT2D eigenvalue weighted by Crippen LogP contribution is -2.15. The van der Waals surface area contributed by atoms with Gasteiger partial charge in [0.1, 0.15) is 5.75 Å². The molecular formula is C27H24N3O2S+. The fraction of sp³-hybridized carbons (Fsp3) is 0.148. The zero-order valence-electron chi connectivity index (χ0n) is 18.5. The minimum atomic E-state index is -0.0951. The Morgan fingerprint density at radius 1 is 1.12 bits per heavy atom. The molecule has 1 amide bonds. The van der Waals surface area contributed by atoms with Crippen LogP contribution in [0.1, 0.15) is 25.0 Å². The minimum Gasteiger partial charge on any atom is -0.450 e. The Morgan fingerprint density at radius 3 is 2.61 bits per heavy atom. The van der Waals surface area contributed by atoms with E-state index in [1.165, 1.54) is 4.90 Å². The SMILES string of the molecule is CCSc1ccc(CC(=O)Nc2ccc([N+]3=CC(C)=C3)c(Oc3cccc(C#N)c3)c2)cc1. The normalized spacial score (nSPS) is 12.2. The number of hydrogen-bond donors (Lipinski definition) is 1. The van der Waals surface area contributed by atoms with Crippen molar-refractivity contribution in [3.63, 3.8) is 0 Å². The highest BCUT2D eigenvalue weighted by molar-refractivity contribution is 7.99. The van der Waals surface area contributed by atoms with Crippen LogP contribution < -0.4 is 10.1 Å². The summed E-state index contributed by atoms with van der Waals surface area (Å²) >= 11 is 1.78. The number of hydrogen-bond acceptors (Lipinski definition) is 4. The fourth-order valence-corrected chi connectivity index (χ4v) is 4.13. The van der Waals surface area contributed by atoms with Crippen molar-refractivity contribution in [1.82, 2.24) is 0 Å². The number of amides is 1. The van der Waals surface area contributed by atoms with Gasteiger partial charge in [-0.1, -0.05) is 25.1 Å². The first kappa shape index (κ1) is 22.4. The van der Waals surface area contributed by atoms with Crippen molar-refractivity contribution in [2.45, 2.75) is 25.2 Å². The van der Waals surface area contributed by atoms with Gasteiger partial charge in [-0.3, -0.25) is 4.79 Å². The molecule has 1 N–H and O–H groups in total. The molecule has 0 saturated heterocycles. The number of nitrogens with one attached hydrogen (secondary N) is 1. The number of rotatable bonds is 8. The van der Waals surface area contributed by atoms with Crippen molar-refractivity contribution in [1.29, 1.82) is 5.26 Å². The van der Waals surface area contributed by atoms with E-state index < -0.39 is 0 Å². The summed E-state index contributed by atoms with van der Waals surface area (Å²) in [5.41, 5.74) is 4.14. The van der Waals surface area contributed by atoms with Crippen LogP contribution in [0, 0.1) is 11.3 Å². The van der Waals surface area contributed by atoms with Gasteiger partial charge in [-0.25, -0.2) is 0 Å². The van der Waals surface area contributed by atoms with Crippen molar-refractivity contribution < 1.29 is 14.1 Å². The maximum absolute atomic E-state index is 12.7. The topological polar surface area (TPSA) is 65.1 Å². The summed E-state index contributed by atoms with van der Waals surface area (Å²) in [4.78, 5) is 13.9. The first-order valence-electron chi connectivity index (χ1n) is 10.7. The fourth-order valence-electron chi connectivity index (χ4n) is 3.47. The van der Waals surface area contributed by atoms with Gasteiger partial charge >= 0.3 is 0 Å². The Bertz CT molecular complexity index is 1290. The molecule has 164 valence electrons. The molecule has 1 aliphatic rings. The van der Waals surface area contributed by atoms with Crippen molar-refractivity contribution in [3.8, 4) is 17.6 Å². The smallest absolute Gasteiger partial charge is 0.253 e. The summed E-state index contributed by atoms with van der Waals surface area (Å²) < 4.78 is 8.10. The lowest BCUT2D eigenvalue weighted by atomic mass is 10.1. The average Bonchev–Trinajstić information content (AvgIpc) is 2.79. The molecule has 33 heavy (non-hydrogen) atoms. The molecule has 0 saturated carbocycles. The molecule has 0 bridgehead atoms. The Balaban J connectivity index is 1.52. The molecule has 1 heterocycles. The molecule has 6 heteroatoms. The van der Waals surface area contributed by atoms with Crippen LogP contribution in [0.25, 0.3) is 0 Å². The van der Waals surface area contributed by atoms with Gasteiger partial charge in [0.15, 0.2) is 12.4 Å². The molecule has 0 aliphatic carbocycles. The molecule has 0 fully saturated rings. The highest BCUT2D eigenvalue weighted by Gasteiger charge is 2.22. The number of anilines is 1. The number of allylic oxidation sites excluding steroid dienone is 1. The third-order valence-corrected chi connectivity index (χ3v) is 5.89. The molecule has 1 aliphatic heterocycles. The predicted molar refractivity (Wildman–Crippen MR) is 133 cm³/mol. The first-order valence-corrected chi connectivity index (χ1v) is 11.7. The van der Waals surface area contributed by atoms with Crippen molar-refractivity contribution in [3.05, 3.63) is 89.6 Å². The zero-order chi connectivity index (χ0) is 23.2. The van der Waals surface area contributed by atoms with Crippen LogP contribution in [-0.2, 0) is 11.2 Å². The molecule has 3 aromatic rings. The van der Waals surface area contributed by atoms with Gasteiger partial charge in [0.25, 0.3) is 5.69 Å². The molecule has 4 rings (SSSR count). The Labute approximate surface area is 198 Å². The second kappa shape index (κ2) is 10.2. The highest BCUT2D eigenvalue weighted by atomic mass is 32.2. The van der Waals surface area contributed by atoms with E-state index in [0.29, 0.717) is 29.2 Å². The lowest BCUT2D eigenvalue weighted by Gasteiger charge is -2.13. The van der Waals surface area contributed by atoms with E-state index in [2.05, 4.69) is 18.3 Å². The quantitative estimate of drug-likeness (QED) is 0.321. The van der Waals surface area contributed by atoms with E-state index in [0.717, 1.165) is 22.6 Å². The van der Waals surface area contributed by atoms with Gasteiger partial charge in [0.2, 0.25) is 11.7 Å². The molecule has 0 radical (unpaired) electrons. The molecule has 0 spiro atoms. The van der Waals surface area contributed by atoms with Crippen LogP contribution in [-0.4, -0.2) is 22.5 Å². The summed E-state index contributed by atoms with van der Waals surface area (Å²) in [5.74, 6) is 2.07. The monoisotopic (exact) mass is 454 g/mol. The number of thioether (sulfide) groups is 1. The molecule has 5 nitrogen and oxygen atoms in total. The standard InChI is InChI=1S/C27H23N3O2S/c1-3-33-24-10-7-20(8-11-24)14-27(31)29-22-9-12-25(30-17-19(2)18-30)26(15-22)32-23-6-4-5-21(13-23)16-28/h4-13,15,17-18H,3,14H2,1-2H3/p+1. The minimum absolute atomic E-state index is 0.0951. The predicted octanol–water partition coefficient (Wildman–Crippen LogP) is 6.28. The van der Waals surface area contributed by atoms with Crippen molar-refractivity contribution in [2.24, 2.45) is 0 Å². The number of carbonyl (C=O) groups excluding carboxylic acids is 1. The summed E-state index contributed by atoms with van der Waals surface area (Å²) in [7, 11) is 0. The highest BCUT2D eigenvalue weighted by Crippen LogP contribution is 2.36.